The molecule has 1 aliphatic rings. The summed E-state index contributed by atoms with van der Waals surface area (Å²) in [6.45, 7) is 0.837. The summed E-state index contributed by atoms with van der Waals surface area (Å²) in [5.41, 5.74) is 0.756. The Morgan fingerprint density at radius 1 is 1.09 bits per heavy atom. The summed E-state index contributed by atoms with van der Waals surface area (Å²) in [5, 5.41) is 3.64. The van der Waals surface area contributed by atoms with Crippen LogP contribution in [0.2, 0.25) is 0 Å². The number of carbonyl (C=O) groups is 1. The zero-order valence-corrected chi connectivity index (χ0v) is 16.9. The summed E-state index contributed by atoms with van der Waals surface area (Å²) in [6, 6.07) is 12.1. The van der Waals surface area contributed by atoms with Crippen LogP contribution in [0.5, 0.6) is 0 Å². The van der Waals surface area contributed by atoms with Gasteiger partial charge < -0.3 is 9.47 Å². The van der Waals surface area contributed by atoms with Crippen LogP contribution < -0.4 is 0 Å². The summed E-state index contributed by atoms with van der Waals surface area (Å²) in [6.07, 6.45) is 1.56. The van der Waals surface area contributed by atoms with Crippen LogP contribution in [0.3, 0.4) is 0 Å². The van der Waals surface area contributed by atoms with Gasteiger partial charge in [0, 0.05) is 42.7 Å². The number of hydrogen-bond acceptors (Lipinski definition) is 4. The molecule has 7 nitrogen and oxygen atoms in total. The van der Waals surface area contributed by atoms with E-state index in [0.717, 1.165) is 18.1 Å². The fourth-order valence-corrected chi connectivity index (χ4v) is 4.13. The molecule has 32 heavy (non-hydrogen) atoms. The Morgan fingerprint density at radius 2 is 1.91 bits per heavy atom. The summed E-state index contributed by atoms with van der Waals surface area (Å²) >= 11 is 0. The number of nitrogens with zero attached hydrogens (tertiary/aromatic N) is 6. The molecule has 164 valence electrons. The second kappa shape index (κ2) is 7.77. The number of rotatable bonds is 3. The lowest BCUT2D eigenvalue weighted by molar-refractivity contribution is -0.142. The number of halogens is 3. The molecule has 1 amide bonds. The van der Waals surface area contributed by atoms with Crippen molar-refractivity contribution in [1.29, 1.82) is 0 Å². The van der Waals surface area contributed by atoms with Gasteiger partial charge in [0.05, 0.1) is 5.69 Å². The third-order valence-electron chi connectivity index (χ3n) is 5.68. The van der Waals surface area contributed by atoms with Gasteiger partial charge in [-0.15, -0.1) is 0 Å². The van der Waals surface area contributed by atoms with Crippen molar-refractivity contribution in [2.75, 3.05) is 13.1 Å². The van der Waals surface area contributed by atoms with Crippen LogP contribution in [-0.2, 0) is 6.18 Å². The van der Waals surface area contributed by atoms with Gasteiger partial charge in [0.25, 0.3) is 11.7 Å². The zero-order chi connectivity index (χ0) is 22.3. The molecular formula is C22H19F3N6O. The van der Waals surface area contributed by atoms with Crippen LogP contribution in [0.15, 0.2) is 61.2 Å². The lowest BCUT2D eigenvalue weighted by Gasteiger charge is -2.33. The van der Waals surface area contributed by atoms with Crippen LogP contribution >= 0.6 is 0 Å². The first-order chi connectivity index (χ1) is 15.4. The molecule has 4 heterocycles. The number of hydrogen-bond donors (Lipinski definition) is 0. The summed E-state index contributed by atoms with van der Waals surface area (Å²) < 4.78 is 43.2. The van der Waals surface area contributed by atoms with E-state index in [2.05, 4.69) is 15.1 Å². The third kappa shape index (κ3) is 3.72. The molecule has 1 saturated heterocycles. The van der Waals surface area contributed by atoms with Gasteiger partial charge in [0.1, 0.15) is 6.33 Å². The van der Waals surface area contributed by atoms with Gasteiger partial charge in [-0.05, 0) is 49.2 Å². The van der Waals surface area contributed by atoms with Gasteiger partial charge in [0.2, 0.25) is 0 Å². The van der Waals surface area contributed by atoms with Crippen molar-refractivity contribution in [2.24, 2.45) is 0 Å². The molecule has 0 radical (unpaired) electrons. The molecule has 1 aromatic carbocycles. The monoisotopic (exact) mass is 440 g/mol. The molecule has 5 rings (SSSR count). The molecule has 1 aliphatic heterocycles. The van der Waals surface area contributed by atoms with Crippen LogP contribution in [0.25, 0.3) is 11.5 Å². The number of fused-ring (bicyclic) bond motifs is 1. The minimum absolute atomic E-state index is 0.0994. The number of alkyl halides is 3. The maximum Gasteiger partial charge on any atom is 0.433 e. The van der Waals surface area contributed by atoms with Gasteiger partial charge in [-0.3, -0.25) is 4.79 Å². The average Bonchev–Trinajstić information content (AvgIpc) is 3.49. The van der Waals surface area contributed by atoms with E-state index in [4.69, 9.17) is 0 Å². The largest absolute Gasteiger partial charge is 0.433 e. The molecule has 0 spiro atoms. The van der Waals surface area contributed by atoms with Crippen LogP contribution in [0, 0.1) is 0 Å². The van der Waals surface area contributed by atoms with Crippen molar-refractivity contribution in [3.05, 3.63) is 78.1 Å². The molecule has 0 aliphatic carbocycles. The highest BCUT2D eigenvalue weighted by atomic mass is 19.4. The Kier molecular flexibility index (Phi) is 4.91. The van der Waals surface area contributed by atoms with Crippen LogP contribution in [0.4, 0.5) is 13.2 Å². The smallest absolute Gasteiger partial charge is 0.338 e. The van der Waals surface area contributed by atoms with Crippen molar-refractivity contribution < 1.29 is 18.0 Å². The van der Waals surface area contributed by atoms with Gasteiger partial charge >= 0.3 is 6.18 Å². The van der Waals surface area contributed by atoms with Crippen molar-refractivity contribution in [2.45, 2.75) is 24.9 Å². The molecule has 1 atom stereocenters. The molecule has 0 bridgehead atoms. The predicted octanol–water partition coefficient (Wildman–Crippen LogP) is 3.95. The fourth-order valence-electron chi connectivity index (χ4n) is 4.13. The molecule has 0 saturated carbocycles. The number of likely N-dealkylation sites (tertiary alicyclic amines) is 1. The first-order valence-electron chi connectivity index (χ1n) is 10.2. The van der Waals surface area contributed by atoms with Crippen molar-refractivity contribution in [1.82, 2.24) is 29.0 Å². The predicted molar refractivity (Wildman–Crippen MR) is 109 cm³/mol. The van der Waals surface area contributed by atoms with Gasteiger partial charge in [-0.1, -0.05) is 6.07 Å². The third-order valence-corrected chi connectivity index (χ3v) is 5.68. The number of aromatic nitrogens is 5. The van der Waals surface area contributed by atoms with E-state index in [0.29, 0.717) is 36.0 Å². The van der Waals surface area contributed by atoms with E-state index in [9.17, 15) is 18.0 Å². The van der Waals surface area contributed by atoms with Crippen LogP contribution in [0.1, 0.15) is 40.5 Å². The highest BCUT2D eigenvalue weighted by Crippen LogP contribution is 2.33. The maximum absolute atomic E-state index is 13.5. The first-order valence-corrected chi connectivity index (χ1v) is 10.2. The summed E-state index contributed by atoms with van der Waals surface area (Å²) in [4.78, 5) is 23.0. The van der Waals surface area contributed by atoms with Gasteiger partial charge in [-0.2, -0.15) is 27.8 Å². The number of carbonyl (C=O) groups excluding carboxylic acids is 1. The van der Waals surface area contributed by atoms with E-state index < -0.39 is 11.9 Å². The standard InChI is InChI=1S/C22H19F3N6O/c23-22(24,25)19-12-18(28-21-26-14-27-31(19)21)16-6-4-10-30(13-16)20(32)15-5-3-7-17(11-15)29-8-1-2-9-29/h1-3,5,7-9,11-12,14,16H,4,6,10,13H2/t16-/m0/s1. The molecular weight excluding hydrogens is 421 g/mol. The molecule has 1 fully saturated rings. The molecule has 4 aromatic rings. The van der Waals surface area contributed by atoms with Gasteiger partial charge in [-0.25, -0.2) is 4.98 Å². The second-order valence-corrected chi connectivity index (χ2v) is 7.77. The first kappa shape index (κ1) is 20.2. The zero-order valence-electron chi connectivity index (χ0n) is 16.9. The lowest BCUT2D eigenvalue weighted by Crippen LogP contribution is -2.39. The number of amides is 1. The quantitative estimate of drug-likeness (QED) is 0.484. The van der Waals surface area contributed by atoms with E-state index in [1.165, 1.54) is 0 Å². The minimum Gasteiger partial charge on any atom is -0.338 e. The highest BCUT2D eigenvalue weighted by molar-refractivity contribution is 5.94. The van der Waals surface area contributed by atoms with Crippen LogP contribution in [-0.4, -0.2) is 48.0 Å². The fraction of sp³-hybridized carbons (Fsp3) is 0.273. The van der Waals surface area contributed by atoms with Crippen molar-refractivity contribution in [3.8, 4) is 5.69 Å². The average molecular weight is 440 g/mol. The van der Waals surface area contributed by atoms with Crippen molar-refractivity contribution >= 4 is 11.7 Å². The van der Waals surface area contributed by atoms with Crippen molar-refractivity contribution in [3.63, 3.8) is 0 Å². The Labute approximate surface area is 181 Å². The molecule has 3 aromatic heterocycles. The minimum atomic E-state index is -4.59. The van der Waals surface area contributed by atoms with E-state index in [1.54, 1.807) is 11.0 Å². The van der Waals surface area contributed by atoms with E-state index >= 15 is 0 Å². The lowest BCUT2D eigenvalue weighted by atomic mass is 9.93. The SMILES string of the molecule is O=C(c1cccc(-n2cccc2)c1)N1CCC[C@H](c2cc(C(F)(F)F)n3ncnc3n2)C1. The Balaban J connectivity index is 1.42. The topological polar surface area (TPSA) is 68.3 Å². The number of piperidine rings is 1. The summed E-state index contributed by atoms with van der Waals surface area (Å²) in [5.74, 6) is -0.566. The Bertz CT molecular complexity index is 1260. The van der Waals surface area contributed by atoms with Gasteiger partial charge in [0.15, 0.2) is 5.69 Å². The Hall–Kier alpha value is -3.69. The maximum atomic E-state index is 13.5. The second-order valence-electron chi connectivity index (χ2n) is 7.77. The highest BCUT2D eigenvalue weighted by Gasteiger charge is 2.36. The molecule has 0 unspecified atom stereocenters. The Morgan fingerprint density at radius 3 is 2.69 bits per heavy atom. The molecule has 10 heteroatoms. The summed E-state index contributed by atoms with van der Waals surface area (Å²) in [7, 11) is 0. The van der Waals surface area contributed by atoms with E-state index in [-0.39, 0.29) is 23.3 Å². The number of benzene rings is 1. The molecule has 0 N–H and O–H groups in total. The normalized spacial score (nSPS) is 17.1. The van der Waals surface area contributed by atoms with E-state index in [1.807, 2.05) is 47.3 Å².